The van der Waals surface area contributed by atoms with Crippen molar-refractivity contribution in [2.75, 3.05) is 0 Å². The second kappa shape index (κ2) is 5.98. The molecule has 5 nitrogen and oxygen atoms in total. The van der Waals surface area contributed by atoms with Gasteiger partial charge in [-0.15, -0.1) is 0 Å². The third-order valence-electron chi connectivity index (χ3n) is 3.27. The van der Waals surface area contributed by atoms with E-state index in [1.807, 2.05) is 6.07 Å². The third-order valence-corrected chi connectivity index (χ3v) is 5.15. The van der Waals surface area contributed by atoms with Crippen LogP contribution in [0.5, 0.6) is 0 Å². The quantitative estimate of drug-likeness (QED) is 0.537. The molecule has 0 aliphatic heterocycles. The molecule has 0 amide bonds. The molecular weight excluding hydrogens is 336 g/mol. The van der Waals surface area contributed by atoms with Gasteiger partial charge in [-0.1, -0.05) is 41.9 Å². The Balaban J connectivity index is 2.21. The van der Waals surface area contributed by atoms with E-state index in [1.54, 1.807) is 24.3 Å². The molecule has 116 valence electrons. The summed E-state index contributed by atoms with van der Waals surface area (Å²) in [7, 11) is -3.89. The SMILES string of the molecule is O=Cc1cc(-c2ccccc2)n(S(=O)(=O)c2ccc(Cl)nc2)c1. The van der Waals surface area contributed by atoms with Gasteiger partial charge >= 0.3 is 0 Å². The van der Waals surface area contributed by atoms with Crippen molar-refractivity contribution < 1.29 is 13.2 Å². The summed E-state index contributed by atoms with van der Waals surface area (Å²) in [5.74, 6) is 0. The van der Waals surface area contributed by atoms with Gasteiger partial charge in [0, 0.05) is 18.0 Å². The number of carbonyl (C=O) groups excluding carboxylic acids is 1. The summed E-state index contributed by atoms with van der Waals surface area (Å²) in [6.07, 6.45) is 3.09. The van der Waals surface area contributed by atoms with Gasteiger partial charge in [-0.25, -0.2) is 17.4 Å². The topological polar surface area (TPSA) is 69.0 Å². The molecule has 3 aromatic rings. The fraction of sp³-hybridized carbons (Fsp3) is 0. The zero-order chi connectivity index (χ0) is 16.4. The van der Waals surface area contributed by atoms with Gasteiger partial charge in [0.25, 0.3) is 10.0 Å². The lowest BCUT2D eigenvalue weighted by atomic mass is 10.1. The molecule has 2 aromatic heterocycles. The molecular formula is C16H11ClN2O3S. The second-order valence-corrected chi connectivity index (χ2v) is 6.96. The highest BCUT2D eigenvalue weighted by molar-refractivity contribution is 7.90. The molecule has 0 atom stereocenters. The Hall–Kier alpha value is -2.44. The van der Waals surface area contributed by atoms with E-state index in [2.05, 4.69) is 4.98 Å². The van der Waals surface area contributed by atoms with Crippen LogP contribution in [0.2, 0.25) is 5.15 Å². The number of hydrogen-bond donors (Lipinski definition) is 0. The van der Waals surface area contributed by atoms with Crippen LogP contribution in [0, 0.1) is 0 Å². The Labute approximate surface area is 138 Å². The molecule has 0 bridgehead atoms. The van der Waals surface area contributed by atoms with Crippen molar-refractivity contribution in [1.29, 1.82) is 0 Å². The van der Waals surface area contributed by atoms with Gasteiger partial charge in [-0.05, 0) is 23.8 Å². The maximum absolute atomic E-state index is 12.8. The molecule has 7 heteroatoms. The number of benzene rings is 1. The van der Waals surface area contributed by atoms with E-state index in [0.717, 1.165) is 3.97 Å². The molecule has 0 unspecified atom stereocenters. The number of aromatic nitrogens is 2. The summed E-state index contributed by atoms with van der Waals surface area (Å²) in [6.45, 7) is 0. The van der Waals surface area contributed by atoms with Crippen molar-refractivity contribution in [3.05, 3.63) is 71.6 Å². The van der Waals surface area contributed by atoms with E-state index < -0.39 is 10.0 Å². The summed E-state index contributed by atoms with van der Waals surface area (Å²) < 4.78 is 26.7. The largest absolute Gasteiger partial charge is 0.298 e. The standard InChI is InChI=1S/C16H11ClN2O3S/c17-16-7-6-14(9-18-16)23(21,22)19-10-12(11-20)8-15(19)13-4-2-1-3-5-13/h1-11H. The van der Waals surface area contributed by atoms with Gasteiger partial charge < -0.3 is 0 Å². The number of rotatable bonds is 4. The van der Waals surface area contributed by atoms with Crippen LogP contribution in [0.4, 0.5) is 0 Å². The van der Waals surface area contributed by atoms with Crippen molar-refractivity contribution in [3.8, 4) is 11.3 Å². The van der Waals surface area contributed by atoms with Crippen molar-refractivity contribution in [2.24, 2.45) is 0 Å². The average Bonchev–Trinajstić information content (AvgIpc) is 3.01. The van der Waals surface area contributed by atoms with Gasteiger partial charge in [-0.3, -0.25) is 4.79 Å². The Bertz CT molecular complexity index is 949. The highest BCUT2D eigenvalue weighted by atomic mass is 35.5. The first-order valence-corrected chi connectivity index (χ1v) is 8.44. The molecule has 0 radical (unpaired) electrons. The van der Waals surface area contributed by atoms with Crippen molar-refractivity contribution >= 4 is 27.9 Å². The summed E-state index contributed by atoms with van der Waals surface area (Å²) in [4.78, 5) is 14.9. The first kappa shape index (κ1) is 15.5. The van der Waals surface area contributed by atoms with Crippen LogP contribution in [0.15, 0.2) is 65.8 Å². The number of pyridine rings is 1. The van der Waals surface area contributed by atoms with Crippen LogP contribution in [-0.4, -0.2) is 23.7 Å². The smallest absolute Gasteiger partial charge is 0.269 e. The molecule has 0 aliphatic rings. The lowest BCUT2D eigenvalue weighted by molar-refractivity contribution is 0.112. The predicted octanol–water partition coefficient (Wildman–Crippen LogP) is 3.25. The second-order valence-electron chi connectivity index (χ2n) is 4.76. The number of nitrogens with zero attached hydrogens (tertiary/aromatic N) is 2. The Morgan fingerprint density at radius 1 is 1.09 bits per heavy atom. The van der Waals surface area contributed by atoms with Crippen molar-refractivity contribution in [1.82, 2.24) is 8.96 Å². The summed E-state index contributed by atoms with van der Waals surface area (Å²) >= 11 is 5.70. The van der Waals surface area contributed by atoms with Crippen LogP contribution in [0.3, 0.4) is 0 Å². The van der Waals surface area contributed by atoms with Crippen LogP contribution in [0.1, 0.15) is 10.4 Å². The minimum Gasteiger partial charge on any atom is -0.298 e. The maximum atomic E-state index is 12.8. The lowest BCUT2D eigenvalue weighted by Gasteiger charge is -2.10. The fourth-order valence-electron chi connectivity index (χ4n) is 2.17. The predicted molar refractivity (Wildman–Crippen MR) is 87.1 cm³/mol. The summed E-state index contributed by atoms with van der Waals surface area (Å²) in [5.41, 5.74) is 1.36. The normalized spacial score (nSPS) is 11.3. The van der Waals surface area contributed by atoms with Crippen LogP contribution >= 0.6 is 11.6 Å². The minimum absolute atomic E-state index is 0.00729. The van der Waals surface area contributed by atoms with Gasteiger partial charge in [0.15, 0.2) is 6.29 Å². The van der Waals surface area contributed by atoms with Gasteiger partial charge in [0.1, 0.15) is 10.0 Å². The molecule has 1 aromatic carbocycles. The van der Waals surface area contributed by atoms with Gasteiger partial charge in [0.05, 0.1) is 5.69 Å². The van der Waals surface area contributed by atoms with E-state index in [4.69, 9.17) is 11.6 Å². The number of halogens is 1. The van der Waals surface area contributed by atoms with Crippen LogP contribution in [0.25, 0.3) is 11.3 Å². The van der Waals surface area contributed by atoms with Crippen LogP contribution < -0.4 is 0 Å². The molecule has 0 spiro atoms. The van der Waals surface area contributed by atoms with Gasteiger partial charge in [-0.2, -0.15) is 0 Å². The Kier molecular flexibility index (Phi) is 4.02. The molecule has 0 fully saturated rings. The van der Waals surface area contributed by atoms with E-state index in [0.29, 0.717) is 17.5 Å². The molecule has 23 heavy (non-hydrogen) atoms. The van der Waals surface area contributed by atoms with Crippen LogP contribution in [-0.2, 0) is 10.0 Å². The molecule has 0 saturated heterocycles. The van der Waals surface area contributed by atoms with E-state index in [-0.39, 0.29) is 15.6 Å². The number of hydrogen-bond acceptors (Lipinski definition) is 4. The molecule has 0 N–H and O–H groups in total. The molecule has 0 saturated carbocycles. The Morgan fingerprint density at radius 3 is 2.43 bits per heavy atom. The monoisotopic (exact) mass is 346 g/mol. The molecule has 0 aliphatic carbocycles. The minimum atomic E-state index is -3.89. The van der Waals surface area contributed by atoms with Gasteiger partial charge in [0.2, 0.25) is 0 Å². The van der Waals surface area contributed by atoms with Crippen molar-refractivity contribution in [2.45, 2.75) is 4.90 Å². The molecule has 3 rings (SSSR count). The third kappa shape index (κ3) is 2.91. The first-order valence-electron chi connectivity index (χ1n) is 6.62. The highest BCUT2D eigenvalue weighted by Gasteiger charge is 2.22. The first-order chi connectivity index (χ1) is 11.0. The molecule has 2 heterocycles. The van der Waals surface area contributed by atoms with E-state index in [9.17, 15) is 13.2 Å². The number of aldehydes is 1. The van der Waals surface area contributed by atoms with E-state index in [1.165, 1.54) is 30.6 Å². The number of carbonyl (C=O) groups is 1. The maximum Gasteiger partial charge on any atom is 0.269 e. The Morgan fingerprint density at radius 2 is 1.83 bits per heavy atom. The average molecular weight is 347 g/mol. The summed E-state index contributed by atoms with van der Waals surface area (Å²) in [5, 5.41) is 0.202. The fourth-order valence-corrected chi connectivity index (χ4v) is 3.62. The van der Waals surface area contributed by atoms with E-state index >= 15 is 0 Å². The highest BCUT2D eigenvalue weighted by Crippen LogP contribution is 2.26. The summed E-state index contributed by atoms with van der Waals surface area (Å²) in [6, 6.07) is 13.3. The lowest BCUT2D eigenvalue weighted by Crippen LogP contribution is -2.13. The zero-order valence-electron chi connectivity index (χ0n) is 11.8. The zero-order valence-corrected chi connectivity index (χ0v) is 13.3. The van der Waals surface area contributed by atoms with Crippen molar-refractivity contribution in [3.63, 3.8) is 0 Å².